The van der Waals surface area contributed by atoms with Crippen LogP contribution in [0.3, 0.4) is 0 Å². The average Bonchev–Trinajstić information content (AvgIpc) is 3.05. The van der Waals surface area contributed by atoms with E-state index in [-0.39, 0.29) is 30.2 Å². The number of fused-ring (bicyclic) bond motifs is 1. The lowest BCUT2D eigenvalue weighted by atomic mass is 10.1. The van der Waals surface area contributed by atoms with Crippen LogP contribution in [0.25, 0.3) is 9.40 Å². The molecule has 3 N–H and O–H groups in total. The Kier molecular flexibility index (Phi) is 7.28. The molecule has 2 rings (SSSR count). The quantitative estimate of drug-likeness (QED) is 0.774. The van der Waals surface area contributed by atoms with Gasteiger partial charge in [0.1, 0.15) is 4.88 Å². The lowest BCUT2D eigenvalue weighted by Gasteiger charge is -2.10. The Morgan fingerprint density at radius 2 is 2.18 bits per heavy atom. The van der Waals surface area contributed by atoms with E-state index in [0.717, 1.165) is 15.0 Å². The minimum Gasteiger partial charge on any atom is -0.462 e. The van der Waals surface area contributed by atoms with Gasteiger partial charge >= 0.3 is 5.97 Å². The largest absolute Gasteiger partial charge is 0.462 e. The second kappa shape index (κ2) is 8.47. The molecule has 0 aliphatic rings. The van der Waals surface area contributed by atoms with Crippen LogP contribution in [0.2, 0.25) is 0 Å². The minimum atomic E-state index is -0.331. The van der Waals surface area contributed by atoms with Gasteiger partial charge in [0.05, 0.1) is 11.3 Å². The number of carbonyl (C=O) groups is 2. The zero-order valence-electron chi connectivity index (χ0n) is 12.4. The summed E-state index contributed by atoms with van der Waals surface area (Å²) in [5, 5.41) is 4.82. The van der Waals surface area contributed by atoms with Crippen LogP contribution in [0.1, 0.15) is 29.1 Å². The van der Waals surface area contributed by atoms with Gasteiger partial charge in [0.15, 0.2) is 0 Å². The fraction of sp³-hybridized carbons (Fsp3) is 0.429. The smallest absolute Gasteiger partial charge is 0.348 e. The highest BCUT2D eigenvalue weighted by Gasteiger charge is 2.21. The first-order valence-electron chi connectivity index (χ1n) is 6.72. The molecule has 1 amide bonds. The molecule has 1 atom stereocenters. The molecule has 0 aliphatic carbocycles. The third-order valence-electron chi connectivity index (χ3n) is 3.09. The maximum Gasteiger partial charge on any atom is 0.348 e. The van der Waals surface area contributed by atoms with Gasteiger partial charge in [-0.05, 0) is 18.4 Å². The summed E-state index contributed by atoms with van der Waals surface area (Å²) in [6, 6.07) is 1.97. The highest BCUT2D eigenvalue weighted by atomic mass is 35.5. The first kappa shape index (κ1) is 18.9. The zero-order chi connectivity index (χ0) is 15.4. The van der Waals surface area contributed by atoms with Crippen LogP contribution in [0.5, 0.6) is 0 Å². The SMILES string of the molecule is CCOC(=O)c1sc2ccsc2c1CNC(=O)C(C)CN.Cl. The number of hydrogen-bond acceptors (Lipinski definition) is 6. The lowest BCUT2D eigenvalue weighted by molar-refractivity contribution is -0.124. The van der Waals surface area contributed by atoms with Crippen LogP contribution in [-0.4, -0.2) is 25.0 Å². The predicted molar refractivity (Wildman–Crippen MR) is 93.0 cm³/mol. The van der Waals surface area contributed by atoms with Crippen LogP contribution < -0.4 is 11.1 Å². The molecule has 0 aromatic carbocycles. The molecule has 0 saturated heterocycles. The summed E-state index contributed by atoms with van der Waals surface area (Å²) in [5.41, 5.74) is 6.32. The number of amides is 1. The van der Waals surface area contributed by atoms with E-state index in [1.165, 1.54) is 11.3 Å². The van der Waals surface area contributed by atoms with Crippen LogP contribution in [0.4, 0.5) is 0 Å². The summed E-state index contributed by atoms with van der Waals surface area (Å²) in [7, 11) is 0. The van der Waals surface area contributed by atoms with Crippen LogP contribution in [0.15, 0.2) is 11.4 Å². The number of nitrogens with two attached hydrogens (primary N) is 1. The number of rotatable bonds is 6. The van der Waals surface area contributed by atoms with Crippen molar-refractivity contribution in [2.24, 2.45) is 11.7 Å². The molecule has 0 aliphatic heterocycles. The number of esters is 1. The third-order valence-corrected chi connectivity index (χ3v) is 5.37. The van der Waals surface area contributed by atoms with E-state index in [1.807, 2.05) is 11.4 Å². The molecule has 2 heterocycles. The van der Waals surface area contributed by atoms with Crippen molar-refractivity contribution < 1.29 is 14.3 Å². The Morgan fingerprint density at radius 3 is 2.82 bits per heavy atom. The summed E-state index contributed by atoms with van der Waals surface area (Å²) >= 11 is 2.97. The molecule has 0 saturated carbocycles. The minimum absolute atomic E-state index is 0. The normalized spacial score (nSPS) is 11.8. The van der Waals surface area contributed by atoms with Gasteiger partial charge < -0.3 is 15.8 Å². The van der Waals surface area contributed by atoms with E-state index >= 15 is 0 Å². The Morgan fingerprint density at radius 1 is 1.45 bits per heavy atom. The van der Waals surface area contributed by atoms with Crippen LogP contribution in [-0.2, 0) is 16.1 Å². The van der Waals surface area contributed by atoms with Gasteiger partial charge in [-0.3, -0.25) is 4.79 Å². The Labute approximate surface area is 143 Å². The van der Waals surface area contributed by atoms with Gasteiger partial charge in [-0.15, -0.1) is 35.1 Å². The number of nitrogens with one attached hydrogen (secondary N) is 1. The molecule has 0 bridgehead atoms. The number of ether oxygens (including phenoxy) is 1. The summed E-state index contributed by atoms with van der Waals surface area (Å²) in [5.74, 6) is -0.682. The van der Waals surface area contributed by atoms with E-state index in [4.69, 9.17) is 10.5 Å². The average molecular weight is 363 g/mol. The first-order valence-corrected chi connectivity index (χ1v) is 8.41. The van der Waals surface area contributed by atoms with Gasteiger partial charge in [-0.2, -0.15) is 0 Å². The van der Waals surface area contributed by atoms with Crippen molar-refractivity contribution in [3.63, 3.8) is 0 Å². The molecule has 122 valence electrons. The van der Waals surface area contributed by atoms with Crippen molar-refractivity contribution in [1.29, 1.82) is 0 Å². The van der Waals surface area contributed by atoms with E-state index in [2.05, 4.69) is 5.32 Å². The molecule has 1 unspecified atom stereocenters. The molecule has 0 spiro atoms. The second-order valence-corrected chi connectivity index (χ2v) is 6.57. The Bertz CT molecular complexity index is 654. The molecule has 22 heavy (non-hydrogen) atoms. The van der Waals surface area contributed by atoms with E-state index in [0.29, 0.717) is 24.6 Å². The van der Waals surface area contributed by atoms with Crippen molar-refractivity contribution in [3.8, 4) is 0 Å². The fourth-order valence-electron chi connectivity index (χ4n) is 1.85. The maximum absolute atomic E-state index is 12.0. The van der Waals surface area contributed by atoms with E-state index < -0.39 is 0 Å². The number of hydrogen-bond donors (Lipinski definition) is 2. The summed E-state index contributed by atoms with van der Waals surface area (Å²) in [6.45, 7) is 4.50. The van der Waals surface area contributed by atoms with E-state index in [9.17, 15) is 9.59 Å². The van der Waals surface area contributed by atoms with Crippen molar-refractivity contribution in [2.45, 2.75) is 20.4 Å². The Hall–Kier alpha value is -1.15. The lowest BCUT2D eigenvalue weighted by Crippen LogP contribution is -2.33. The zero-order valence-corrected chi connectivity index (χ0v) is 14.8. The molecule has 8 heteroatoms. The highest BCUT2D eigenvalue weighted by molar-refractivity contribution is 7.28. The molecule has 0 fully saturated rings. The molecular formula is C14H19ClN2O3S2. The molecule has 5 nitrogen and oxygen atoms in total. The highest BCUT2D eigenvalue weighted by Crippen LogP contribution is 2.35. The van der Waals surface area contributed by atoms with Gasteiger partial charge in [0.25, 0.3) is 0 Å². The third kappa shape index (κ3) is 3.98. The van der Waals surface area contributed by atoms with Crippen LogP contribution >= 0.6 is 35.1 Å². The van der Waals surface area contributed by atoms with Gasteiger partial charge in [0.2, 0.25) is 5.91 Å². The summed E-state index contributed by atoms with van der Waals surface area (Å²) in [4.78, 5) is 24.4. The molecule has 2 aromatic rings. The topological polar surface area (TPSA) is 81.4 Å². The fourth-order valence-corrected chi connectivity index (χ4v) is 4.12. The first-order chi connectivity index (χ1) is 10.1. The van der Waals surface area contributed by atoms with Crippen molar-refractivity contribution in [1.82, 2.24) is 5.32 Å². The monoisotopic (exact) mass is 362 g/mol. The maximum atomic E-state index is 12.0. The van der Waals surface area contributed by atoms with Gasteiger partial charge in [-0.1, -0.05) is 6.92 Å². The Balaban J connectivity index is 0.00000242. The van der Waals surface area contributed by atoms with Gasteiger partial charge in [-0.25, -0.2) is 4.79 Å². The van der Waals surface area contributed by atoms with Crippen molar-refractivity contribution >= 4 is 56.4 Å². The summed E-state index contributed by atoms with van der Waals surface area (Å²) < 4.78 is 7.16. The summed E-state index contributed by atoms with van der Waals surface area (Å²) in [6.07, 6.45) is 0. The predicted octanol–water partition coefficient (Wildman–Crippen LogP) is 2.77. The number of halogens is 1. The van der Waals surface area contributed by atoms with E-state index in [1.54, 1.807) is 25.2 Å². The number of thiophene rings is 2. The second-order valence-electron chi connectivity index (χ2n) is 4.60. The molecule has 0 radical (unpaired) electrons. The number of carbonyl (C=O) groups excluding carboxylic acids is 2. The van der Waals surface area contributed by atoms with Crippen molar-refractivity contribution in [2.75, 3.05) is 13.2 Å². The molecule has 2 aromatic heterocycles. The standard InChI is InChI=1S/C14H18N2O3S2.ClH/c1-3-19-14(18)12-9(7-16-13(17)8(2)6-15)11-10(21-12)4-5-20-11;/h4-5,8H,3,6-7,15H2,1-2H3,(H,16,17);1H. The van der Waals surface area contributed by atoms with Crippen LogP contribution in [0, 0.1) is 5.92 Å². The molecular weight excluding hydrogens is 344 g/mol. The van der Waals surface area contributed by atoms with Gasteiger partial charge in [0, 0.05) is 29.3 Å². The van der Waals surface area contributed by atoms with Crippen molar-refractivity contribution in [3.05, 3.63) is 21.9 Å².